The van der Waals surface area contributed by atoms with E-state index in [1.165, 1.54) is 20.4 Å². The summed E-state index contributed by atoms with van der Waals surface area (Å²) in [4.78, 5) is 4.83. The molecule has 3 nitrogen and oxygen atoms in total. The SMILES string of the molecule is ICC1C(OCc2ccccc2)c2ccccc2-c2nc(I)c(I)n21. The van der Waals surface area contributed by atoms with Crippen LogP contribution in [-0.2, 0) is 11.3 Å². The van der Waals surface area contributed by atoms with Crippen molar-refractivity contribution in [3.63, 3.8) is 0 Å². The van der Waals surface area contributed by atoms with Crippen molar-refractivity contribution in [1.82, 2.24) is 9.55 Å². The van der Waals surface area contributed by atoms with E-state index >= 15 is 0 Å². The molecule has 25 heavy (non-hydrogen) atoms. The highest BCUT2D eigenvalue weighted by atomic mass is 127. The molecule has 1 aliphatic rings. The second-order valence-corrected chi connectivity index (χ2v) is 8.84. The second-order valence-electron chi connectivity index (χ2n) is 5.91. The van der Waals surface area contributed by atoms with Gasteiger partial charge in [0.2, 0.25) is 0 Å². The maximum Gasteiger partial charge on any atom is 0.142 e. The van der Waals surface area contributed by atoms with Crippen molar-refractivity contribution in [2.45, 2.75) is 18.8 Å². The van der Waals surface area contributed by atoms with Crippen molar-refractivity contribution in [2.75, 3.05) is 4.43 Å². The predicted octanol–water partition coefficient (Wildman–Crippen LogP) is 6.01. The summed E-state index contributed by atoms with van der Waals surface area (Å²) in [6, 6.07) is 19.1. The normalized spacial score (nSPS) is 18.7. The van der Waals surface area contributed by atoms with Gasteiger partial charge >= 0.3 is 0 Å². The number of aromatic nitrogens is 2. The Morgan fingerprint density at radius 2 is 1.72 bits per heavy atom. The minimum Gasteiger partial charge on any atom is -0.367 e. The van der Waals surface area contributed by atoms with Crippen LogP contribution < -0.4 is 0 Å². The van der Waals surface area contributed by atoms with Crippen molar-refractivity contribution >= 4 is 67.8 Å². The Kier molecular flexibility index (Phi) is 5.68. The van der Waals surface area contributed by atoms with Gasteiger partial charge in [-0.2, -0.15) is 0 Å². The average molecular weight is 668 g/mol. The molecule has 4 rings (SSSR count). The summed E-state index contributed by atoms with van der Waals surface area (Å²) < 4.78 is 12.0. The van der Waals surface area contributed by atoms with E-state index in [1.54, 1.807) is 0 Å². The summed E-state index contributed by atoms with van der Waals surface area (Å²) >= 11 is 7.19. The fourth-order valence-corrected chi connectivity index (χ4v) is 5.33. The van der Waals surface area contributed by atoms with E-state index in [0.717, 1.165) is 14.0 Å². The lowest BCUT2D eigenvalue weighted by Gasteiger charge is -2.34. The molecule has 2 heterocycles. The van der Waals surface area contributed by atoms with E-state index < -0.39 is 0 Å². The number of nitrogens with zero attached hydrogens (tertiary/aromatic N) is 2. The molecule has 0 amide bonds. The minimum atomic E-state index is 0.0272. The fraction of sp³-hybridized carbons (Fsp3) is 0.211. The summed E-state index contributed by atoms with van der Waals surface area (Å²) in [6.07, 6.45) is 0.0272. The van der Waals surface area contributed by atoms with Gasteiger partial charge in [0.05, 0.1) is 12.6 Å². The zero-order chi connectivity index (χ0) is 17.4. The number of benzene rings is 2. The topological polar surface area (TPSA) is 27.1 Å². The number of alkyl halides is 1. The van der Waals surface area contributed by atoms with Crippen LogP contribution in [0.4, 0.5) is 0 Å². The molecule has 0 saturated carbocycles. The molecule has 1 aliphatic heterocycles. The van der Waals surface area contributed by atoms with Crippen LogP contribution in [0, 0.1) is 7.40 Å². The van der Waals surface area contributed by atoms with E-state index in [2.05, 4.69) is 121 Å². The monoisotopic (exact) mass is 668 g/mol. The van der Waals surface area contributed by atoms with Gasteiger partial charge in [-0.15, -0.1) is 0 Å². The smallest absolute Gasteiger partial charge is 0.142 e. The highest BCUT2D eigenvalue weighted by Crippen LogP contribution is 2.45. The van der Waals surface area contributed by atoms with Crippen molar-refractivity contribution in [3.05, 3.63) is 73.1 Å². The van der Waals surface area contributed by atoms with Crippen LogP contribution >= 0.6 is 67.8 Å². The molecular formula is C19H15I3N2O. The number of fused-ring (bicyclic) bond motifs is 3. The van der Waals surface area contributed by atoms with Gasteiger partial charge in [-0.25, -0.2) is 4.98 Å². The molecule has 0 aliphatic carbocycles. The molecule has 3 aromatic rings. The lowest BCUT2D eigenvalue weighted by molar-refractivity contribution is 0.00766. The number of halogens is 3. The number of hydrogen-bond donors (Lipinski definition) is 0. The van der Waals surface area contributed by atoms with E-state index in [0.29, 0.717) is 6.61 Å². The van der Waals surface area contributed by atoms with E-state index in [4.69, 9.17) is 9.72 Å². The molecule has 0 spiro atoms. The molecule has 0 N–H and O–H groups in total. The molecule has 2 unspecified atom stereocenters. The van der Waals surface area contributed by atoms with Gasteiger partial charge in [-0.3, -0.25) is 0 Å². The van der Waals surface area contributed by atoms with Crippen LogP contribution in [0.25, 0.3) is 11.4 Å². The first-order chi connectivity index (χ1) is 12.2. The molecule has 6 heteroatoms. The number of rotatable bonds is 4. The van der Waals surface area contributed by atoms with Crippen LogP contribution in [0.3, 0.4) is 0 Å². The molecule has 128 valence electrons. The summed E-state index contributed by atoms with van der Waals surface area (Å²) in [5, 5.41) is 0. The molecule has 0 bridgehead atoms. The number of hydrogen-bond acceptors (Lipinski definition) is 2. The summed E-state index contributed by atoms with van der Waals surface area (Å²) in [6.45, 7) is 0.616. The largest absolute Gasteiger partial charge is 0.367 e. The standard InChI is InChI=1S/C19H15I3N2O/c20-10-15-16(25-11-12-6-2-1-3-7-12)13-8-4-5-9-14(13)19-23-17(21)18(22)24(15)19/h1-9,15-16H,10-11H2. The summed E-state index contributed by atoms with van der Waals surface area (Å²) in [5.41, 5.74) is 3.63. The van der Waals surface area contributed by atoms with Crippen molar-refractivity contribution in [3.8, 4) is 11.4 Å². The molecular weight excluding hydrogens is 653 g/mol. The molecule has 0 saturated heterocycles. The highest BCUT2D eigenvalue weighted by Gasteiger charge is 2.36. The Morgan fingerprint density at radius 3 is 2.48 bits per heavy atom. The fourth-order valence-electron chi connectivity index (χ4n) is 3.28. The van der Waals surface area contributed by atoms with E-state index in [-0.39, 0.29) is 12.1 Å². The predicted molar refractivity (Wildman–Crippen MR) is 125 cm³/mol. The minimum absolute atomic E-state index is 0.0272. The third-order valence-corrected chi connectivity index (χ3v) is 8.15. The first-order valence-electron chi connectivity index (χ1n) is 7.94. The van der Waals surface area contributed by atoms with E-state index in [1.807, 2.05) is 6.07 Å². The van der Waals surface area contributed by atoms with Crippen LogP contribution in [0.1, 0.15) is 23.3 Å². The van der Waals surface area contributed by atoms with Crippen molar-refractivity contribution in [1.29, 1.82) is 0 Å². The number of imidazole rings is 1. The van der Waals surface area contributed by atoms with Crippen molar-refractivity contribution < 1.29 is 4.74 Å². The van der Waals surface area contributed by atoms with Crippen LogP contribution in [0.5, 0.6) is 0 Å². The second kappa shape index (κ2) is 7.81. The Balaban J connectivity index is 1.77. The maximum atomic E-state index is 6.46. The molecule has 1 aromatic heterocycles. The van der Waals surface area contributed by atoms with E-state index in [9.17, 15) is 0 Å². The van der Waals surface area contributed by atoms with Gasteiger partial charge in [-0.05, 0) is 56.3 Å². The van der Waals surface area contributed by atoms with Gasteiger partial charge in [0.15, 0.2) is 0 Å². The zero-order valence-electron chi connectivity index (χ0n) is 13.2. The average Bonchev–Trinajstić information content (AvgIpc) is 2.95. The van der Waals surface area contributed by atoms with Crippen LogP contribution in [0.2, 0.25) is 0 Å². The third kappa shape index (κ3) is 3.39. The van der Waals surface area contributed by atoms with Gasteiger partial charge in [-0.1, -0.05) is 77.2 Å². The Morgan fingerprint density at radius 1 is 1.00 bits per heavy atom. The highest BCUT2D eigenvalue weighted by molar-refractivity contribution is 14.1. The van der Waals surface area contributed by atoms with Gasteiger partial charge in [0.1, 0.15) is 19.3 Å². The van der Waals surface area contributed by atoms with Crippen molar-refractivity contribution in [2.24, 2.45) is 0 Å². The molecule has 2 atom stereocenters. The van der Waals surface area contributed by atoms with Gasteiger partial charge in [0.25, 0.3) is 0 Å². The van der Waals surface area contributed by atoms with Gasteiger partial charge < -0.3 is 9.30 Å². The number of ether oxygens (including phenoxy) is 1. The zero-order valence-corrected chi connectivity index (χ0v) is 19.7. The maximum absolute atomic E-state index is 6.46. The quantitative estimate of drug-likeness (QED) is 0.252. The molecule has 0 radical (unpaired) electrons. The summed E-state index contributed by atoms with van der Waals surface area (Å²) in [7, 11) is 0. The molecule has 2 aromatic carbocycles. The lowest BCUT2D eigenvalue weighted by Crippen LogP contribution is -2.28. The van der Waals surface area contributed by atoms with Gasteiger partial charge in [0, 0.05) is 9.99 Å². The van der Waals surface area contributed by atoms with Crippen LogP contribution in [0.15, 0.2) is 54.6 Å². The Hall–Kier alpha value is -0.200. The Bertz CT molecular complexity index is 895. The first-order valence-corrected chi connectivity index (χ1v) is 11.6. The first kappa shape index (κ1) is 18.2. The van der Waals surface area contributed by atoms with Crippen LogP contribution in [-0.4, -0.2) is 14.0 Å². The lowest BCUT2D eigenvalue weighted by atomic mass is 9.93. The third-order valence-electron chi connectivity index (χ3n) is 4.43. The Labute approximate surface area is 188 Å². The summed E-state index contributed by atoms with van der Waals surface area (Å²) in [5.74, 6) is 1.06. The molecule has 0 fully saturated rings.